The van der Waals surface area contributed by atoms with E-state index in [9.17, 15) is 14.4 Å². The fourth-order valence-electron chi connectivity index (χ4n) is 4.11. The van der Waals surface area contributed by atoms with Gasteiger partial charge >= 0.3 is 0 Å². The Kier molecular flexibility index (Phi) is 6.60. The first kappa shape index (κ1) is 18.7. The number of carbonyl (C=O) groups is 3. The largest absolute Gasteiger partial charge is 0.358 e. The molecule has 0 aromatic rings. The highest BCUT2D eigenvalue weighted by Gasteiger charge is 2.49. The van der Waals surface area contributed by atoms with E-state index in [0.717, 1.165) is 51.5 Å². The average Bonchev–Trinajstić information content (AvgIpc) is 3.08. The summed E-state index contributed by atoms with van der Waals surface area (Å²) < 4.78 is 0. The molecule has 3 N–H and O–H groups in total. The van der Waals surface area contributed by atoms with Crippen molar-refractivity contribution in [1.82, 2.24) is 20.9 Å². The molecule has 1 aliphatic heterocycles. The van der Waals surface area contributed by atoms with Crippen molar-refractivity contribution in [2.75, 3.05) is 26.7 Å². The zero-order valence-corrected chi connectivity index (χ0v) is 14.8. The van der Waals surface area contributed by atoms with Gasteiger partial charge in [-0.1, -0.05) is 19.3 Å². The molecule has 2 rings (SSSR count). The molecule has 2 aliphatic rings. The van der Waals surface area contributed by atoms with Gasteiger partial charge in [-0.15, -0.1) is 0 Å². The minimum Gasteiger partial charge on any atom is -0.358 e. The summed E-state index contributed by atoms with van der Waals surface area (Å²) in [5.74, 6) is -0.0978. The van der Waals surface area contributed by atoms with Gasteiger partial charge in [0.15, 0.2) is 0 Å². The number of carbonyl (C=O) groups excluding carboxylic acids is 3. The first-order valence-electron chi connectivity index (χ1n) is 9.02. The molecule has 1 saturated heterocycles. The topological polar surface area (TPSA) is 90.5 Å². The van der Waals surface area contributed by atoms with Crippen molar-refractivity contribution in [1.29, 1.82) is 0 Å². The lowest BCUT2D eigenvalue weighted by atomic mass is 9.79. The normalized spacial score (nSPS) is 23.5. The first-order valence-corrected chi connectivity index (χ1v) is 9.02. The maximum Gasteiger partial charge on any atom is 0.240 e. The van der Waals surface area contributed by atoms with Crippen LogP contribution in [0, 0.1) is 0 Å². The van der Waals surface area contributed by atoms with E-state index in [1.165, 1.54) is 6.92 Å². The molecule has 0 aromatic heterocycles. The van der Waals surface area contributed by atoms with Gasteiger partial charge in [-0.05, 0) is 25.7 Å². The Labute approximate surface area is 143 Å². The third-order valence-electron chi connectivity index (χ3n) is 5.23. The van der Waals surface area contributed by atoms with Gasteiger partial charge in [-0.3, -0.25) is 19.3 Å². The summed E-state index contributed by atoms with van der Waals surface area (Å²) in [7, 11) is 1.68. The molecule has 7 nitrogen and oxygen atoms in total. The van der Waals surface area contributed by atoms with E-state index in [1.54, 1.807) is 7.05 Å². The number of rotatable bonds is 6. The predicted octanol–water partition coefficient (Wildman–Crippen LogP) is 0.152. The van der Waals surface area contributed by atoms with Crippen molar-refractivity contribution >= 4 is 17.7 Å². The fourth-order valence-corrected chi connectivity index (χ4v) is 4.11. The number of nitrogens with zero attached hydrogens (tertiary/aromatic N) is 1. The lowest BCUT2D eigenvalue weighted by Crippen LogP contribution is -2.63. The van der Waals surface area contributed by atoms with E-state index < -0.39 is 5.54 Å². The van der Waals surface area contributed by atoms with Crippen LogP contribution >= 0.6 is 0 Å². The number of likely N-dealkylation sites (N-methyl/N-ethyl adjacent to an activating group) is 1. The Balaban J connectivity index is 2.03. The molecule has 2 fully saturated rings. The highest BCUT2D eigenvalue weighted by Crippen LogP contribution is 2.38. The quantitative estimate of drug-likeness (QED) is 0.602. The maximum absolute atomic E-state index is 12.6. The SMILES string of the molecule is CNC(=O)C1(N2CCC[C@H]2C(=O)NCCNC(C)=O)CCCCC1. The molecular weight excluding hydrogens is 308 g/mol. The zero-order chi connectivity index (χ0) is 17.6. The van der Waals surface area contributed by atoms with E-state index in [4.69, 9.17) is 0 Å². The lowest BCUT2D eigenvalue weighted by molar-refractivity contribution is -0.140. The van der Waals surface area contributed by atoms with E-state index >= 15 is 0 Å². The number of hydrogen-bond acceptors (Lipinski definition) is 4. The van der Waals surface area contributed by atoms with Gasteiger partial charge in [0, 0.05) is 33.6 Å². The van der Waals surface area contributed by atoms with Gasteiger partial charge in [0.2, 0.25) is 17.7 Å². The molecule has 0 bridgehead atoms. The molecule has 0 spiro atoms. The minimum absolute atomic E-state index is 0.0355. The summed E-state index contributed by atoms with van der Waals surface area (Å²) in [6.45, 7) is 3.08. The molecule has 1 aliphatic carbocycles. The highest BCUT2D eigenvalue weighted by atomic mass is 16.2. The van der Waals surface area contributed by atoms with Gasteiger partial charge in [0.25, 0.3) is 0 Å². The van der Waals surface area contributed by atoms with Gasteiger partial charge in [0.1, 0.15) is 5.54 Å². The molecule has 136 valence electrons. The van der Waals surface area contributed by atoms with Gasteiger partial charge in [-0.25, -0.2) is 0 Å². The van der Waals surface area contributed by atoms with Gasteiger partial charge in [0.05, 0.1) is 6.04 Å². The van der Waals surface area contributed by atoms with E-state index in [0.29, 0.717) is 13.1 Å². The van der Waals surface area contributed by atoms with Crippen LogP contribution in [0.3, 0.4) is 0 Å². The molecule has 24 heavy (non-hydrogen) atoms. The zero-order valence-electron chi connectivity index (χ0n) is 14.8. The molecule has 7 heteroatoms. The second-order valence-corrected chi connectivity index (χ2v) is 6.80. The Morgan fingerprint density at radius 2 is 1.71 bits per heavy atom. The van der Waals surface area contributed by atoms with Gasteiger partial charge in [-0.2, -0.15) is 0 Å². The molecule has 3 amide bonds. The number of hydrogen-bond donors (Lipinski definition) is 3. The van der Waals surface area contributed by atoms with E-state index in [-0.39, 0.29) is 23.8 Å². The third-order valence-corrected chi connectivity index (χ3v) is 5.23. The van der Waals surface area contributed by atoms with Crippen LogP contribution in [-0.2, 0) is 14.4 Å². The summed E-state index contributed by atoms with van der Waals surface area (Å²) in [6, 6.07) is -0.252. The van der Waals surface area contributed by atoms with Crippen molar-refractivity contribution < 1.29 is 14.4 Å². The Morgan fingerprint density at radius 1 is 1.04 bits per heavy atom. The highest BCUT2D eigenvalue weighted by molar-refractivity contribution is 5.88. The number of nitrogens with one attached hydrogen (secondary N) is 3. The van der Waals surface area contributed by atoms with Crippen LogP contribution in [-0.4, -0.2) is 60.9 Å². The van der Waals surface area contributed by atoms with Crippen LogP contribution in [0.1, 0.15) is 51.9 Å². The second kappa shape index (κ2) is 8.46. The summed E-state index contributed by atoms with van der Waals surface area (Å²) >= 11 is 0. The smallest absolute Gasteiger partial charge is 0.240 e. The third kappa shape index (κ3) is 4.06. The second-order valence-electron chi connectivity index (χ2n) is 6.80. The molecule has 1 atom stereocenters. The van der Waals surface area contributed by atoms with E-state index in [2.05, 4.69) is 20.9 Å². The van der Waals surface area contributed by atoms with Crippen LogP contribution < -0.4 is 16.0 Å². The van der Waals surface area contributed by atoms with Crippen LogP contribution in [0.5, 0.6) is 0 Å². The van der Waals surface area contributed by atoms with Crippen molar-refractivity contribution in [3.63, 3.8) is 0 Å². The molecular formula is C17H30N4O3. The summed E-state index contributed by atoms with van der Waals surface area (Å²) in [5, 5.41) is 8.38. The average molecular weight is 338 g/mol. The minimum atomic E-state index is -0.539. The molecule has 1 heterocycles. The van der Waals surface area contributed by atoms with Crippen LogP contribution in [0.2, 0.25) is 0 Å². The molecule has 1 saturated carbocycles. The predicted molar refractivity (Wildman–Crippen MR) is 91.3 cm³/mol. The number of amides is 3. The van der Waals surface area contributed by atoms with Crippen molar-refractivity contribution in [3.8, 4) is 0 Å². The summed E-state index contributed by atoms with van der Waals surface area (Å²) in [5.41, 5.74) is -0.539. The molecule has 0 radical (unpaired) electrons. The number of likely N-dealkylation sites (tertiary alicyclic amines) is 1. The van der Waals surface area contributed by atoms with Crippen molar-refractivity contribution in [2.24, 2.45) is 0 Å². The first-order chi connectivity index (χ1) is 11.5. The van der Waals surface area contributed by atoms with Crippen molar-refractivity contribution in [2.45, 2.75) is 63.5 Å². The molecule has 0 aromatic carbocycles. The Morgan fingerprint density at radius 3 is 2.33 bits per heavy atom. The van der Waals surface area contributed by atoms with Crippen molar-refractivity contribution in [3.05, 3.63) is 0 Å². The Hall–Kier alpha value is -1.63. The molecule has 0 unspecified atom stereocenters. The van der Waals surface area contributed by atoms with E-state index in [1.807, 2.05) is 0 Å². The fraction of sp³-hybridized carbons (Fsp3) is 0.824. The van der Waals surface area contributed by atoms with Crippen LogP contribution in [0.25, 0.3) is 0 Å². The van der Waals surface area contributed by atoms with Crippen LogP contribution in [0.4, 0.5) is 0 Å². The lowest BCUT2D eigenvalue weighted by Gasteiger charge is -2.45. The van der Waals surface area contributed by atoms with Gasteiger partial charge < -0.3 is 16.0 Å². The summed E-state index contributed by atoms with van der Waals surface area (Å²) in [6.07, 6.45) is 6.57. The monoisotopic (exact) mass is 338 g/mol. The standard InChI is InChI=1S/C17H30N4O3/c1-13(22)19-10-11-20-15(23)14-7-6-12-21(14)17(16(24)18-2)8-4-3-5-9-17/h14H,3-12H2,1-2H3,(H,18,24)(H,19,22)(H,20,23)/t14-/m0/s1. The Bertz CT molecular complexity index is 474. The maximum atomic E-state index is 12.6. The summed E-state index contributed by atoms with van der Waals surface area (Å²) in [4.78, 5) is 38.3. The van der Waals surface area contributed by atoms with Crippen LogP contribution in [0.15, 0.2) is 0 Å².